The Morgan fingerprint density at radius 1 is 1.07 bits per heavy atom. The van der Waals surface area contributed by atoms with Gasteiger partial charge in [-0.25, -0.2) is 0 Å². The molecule has 1 heteroatoms. The fourth-order valence-electron chi connectivity index (χ4n) is 1.16. The average Bonchev–Trinajstić information content (AvgIpc) is 2.53. The van der Waals surface area contributed by atoms with Crippen molar-refractivity contribution in [3.8, 4) is 0 Å². The summed E-state index contributed by atoms with van der Waals surface area (Å²) in [6.45, 7) is 5.99. The van der Waals surface area contributed by atoms with Crippen molar-refractivity contribution in [2.45, 2.75) is 20.8 Å². The van der Waals surface area contributed by atoms with Gasteiger partial charge in [-0.2, -0.15) is 0 Å². The third-order valence-electron chi connectivity index (χ3n) is 1.72. The Hall–Kier alpha value is -1.59. The first kappa shape index (κ1) is 10.5. The second-order valence-corrected chi connectivity index (χ2v) is 2.80. The molecule has 0 aromatic carbocycles. The summed E-state index contributed by atoms with van der Waals surface area (Å²) in [5, 5.41) is 0. The van der Waals surface area contributed by atoms with E-state index in [1.165, 1.54) is 0 Å². The van der Waals surface area contributed by atoms with Gasteiger partial charge in [0.05, 0.1) is 0 Å². The van der Waals surface area contributed by atoms with Crippen LogP contribution in [0.15, 0.2) is 57.9 Å². The molecule has 0 saturated carbocycles. The zero-order valence-electron chi connectivity index (χ0n) is 8.91. The van der Waals surface area contributed by atoms with Crippen LogP contribution in [0.5, 0.6) is 0 Å². The van der Waals surface area contributed by atoms with E-state index in [9.17, 15) is 0 Å². The molecular weight excluding hydrogens is 170 g/mol. The molecule has 2 rings (SSSR count). The molecule has 0 unspecified atom stereocenters. The smallest absolute Gasteiger partial charge is 0.0421 e. The summed E-state index contributed by atoms with van der Waals surface area (Å²) in [4.78, 5) is 4.24. The van der Waals surface area contributed by atoms with Gasteiger partial charge in [0.25, 0.3) is 0 Å². The van der Waals surface area contributed by atoms with E-state index in [2.05, 4.69) is 10.7 Å². The Labute approximate surface area is 85.6 Å². The SMILES string of the molecule is CC.CC1=CC2=C=C(C=CC=C2)C=N1. The Morgan fingerprint density at radius 3 is 2.43 bits per heavy atom. The molecule has 2 aliphatic rings. The van der Waals surface area contributed by atoms with Gasteiger partial charge in [-0.1, -0.05) is 26.0 Å². The topological polar surface area (TPSA) is 12.4 Å². The van der Waals surface area contributed by atoms with Crippen molar-refractivity contribution in [3.63, 3.8) is 0 Å². The highest BCUT2D eigenvalue weighted by atomic mass is 14.7. The van der Waals surface area contributed by atoms with E-state index >= 15 is 0 Å². The number of nitrogens with zero attached hydrogens (tertiary/aromatic N) is 1. The molecule has 0 saturated heterocycles. The molecule has 0 spiro atoms. The molecule has 0 amide bonds. The maximum absolute atomic E-state index is 4.24. The highest BCUT2D eigenvalue weighted by molar-refractivity contribution is 5.84. The molecule has 14 heavy (non-hydrogen) atoms. The number of aliphatic imine (C=N–C) groups is 1. The molecule has 1 heterocycles. The minimum absolute atomic E-state index is 1.02. The lowest BCUT2D eigenvalue weighted by Crippen LogP contribution is -1.76. The van der Waals surface area contributed by atoms with Gasteiger partial charge in [0.1, 0.15) is 0 Å². The van der Waals surface area contributed by atoms with Crippen LogP contribution in [0.4, 0.5) is 0 Å². The molecule has 0 N–H and O–H groups in total. The van der Waals surface area contributed by atoms with Crippen molar-refractivity contribution in [2.75, 3.05) is 0 Å². The largest absolute Gasteiger partial charge is 0.260 e. The Kier molecular flexibility index (Phi) is 3.90. The van der Waals surface area contributed by atoms with Crippen LogP contribution in [-0.4, -0.2) is 6.21 Å². The molecule has 1 aliphatic carbocycles. The van der Waals surface area contributed by atoms with E-state index in [1.54, 1.807) is 0 Å². The van der Waals surface area contributed by atoms with E-state index in [-0.39, 0.29) is 0 Å². The second kappa shape index (κ2) is 5.21. The van der Waals surface area contributed by atoms with Crippen molar-refractivity contribution in [3.05, 3.63) is 53.0 Å². The van der Waals surface area contributed by atoms with Gasteiger partial charge in [0.15, 0.2) is 0 Å². The molecule has 0 atom stereocenters. The highest BCUT2D eigenvalue weighted by Crippen LogP contribution is 2.12. The van der Waals surface area contributed by atoms with E-state index in [4.69, 9.17) is 0 Å². The predicted octanol–water partition coefficient (Wildman–Crippen LogP) is 3.58. The molecule has 0 aromatic rings. The third-order valence-corrected chi connectivity index (χ3v) is 1.72. The van der Waals surface area contributed by atoms with Gasteiger partial charge in [0, 0.05) is 23.1 Å². The lowest BCUT2D eigenvalue weighted by Gasteiger charge is -1.89. The summed E-state index contributed by atoms with van der Waals surface area (Å²) in [6, 6.07) is 0. The minimum atomic E-state index is 1.02. The quantitative estimate of drug-likeness (QED) is 0.511. The first-order valence-electron chi connectivity index (χ1n) is 4.93. The zero-order valence-corrected chi connectivity index (χ0v) is 8.91. The monoisotopic (exact) mass is 185 g/mol. The summed E-state index contributed by atoms with van der Waals surface area (Å²) < 4.78 is 0. The lowest BCUT2D eigenvalue weighted by molar-refractivity contribution is 1.31. The second-order valence-electron chi connectivity index (χ2n) is 2.80. The average molecular weight is 185 g/mol. The van der Waals surface area contributed by atoms with Gasteiger partial charge in [-0.3, -0.25) is 4.99 Å². The maximum atomic E-state index is 4.24. The zero-order chi connectivity index (χ0) is 10.4. The van der Waals surface area contributed by atoms with Gasteiger partial charge < -0.3 is 0 Å². The fourth-order valence-corrected chi connectivity index (χ4v) is 1.16. The van der Waals surface area contributed by atoms with Crippen LogP contribution in [0.1, 0.15) is 20.8 Å². The van der Waals surface area contributed by atoms with Crippen LogP contribution in [0.3, 0.4) is 0 Å². The van der Waals surface area contributed by atoms with Crippen LogP contribution >= 0.6 is 0 Å². The van der Waals surface area contributed by atoms with E-state index < -0.39 is 0 Å². The summed E-state index contributed by atoms with van der Waals surface area (Å²) in [5.74, 6) is 0. The number of hydrogen-bond donors (Lipinski definition) is 0. The molecule has 0 radical (unpaired) electrons. The summed E-state index contributed by atoms with van der Waals surface area (Å²) in [7, 11) is 0. The van der Waals surface area contributed by atoms with E-state index in [0.717, 1.165) is 16.8 Å². The summed E-state index contributed by atoms with van der Waals surface area (Å²) >= 11 is 0. The molecule has 0 aromatic heterocycles. The predicted molar refractivity (Wildman–Crippen MR) is 62.4 cm³/mol. The van der Waals surface area contributed by atoms with Crippen molar-refractivity contribution in [1.29, 1.82) is 0 Å². The first-order chi connectivity index (χ1) is 6.84. The van der Waals surface area contributed by atoms with E-state index in [1.807, 2.05) is 57.4 Å². The Bertz CT molecular complexity index is 383. The van der Waals surface area contributed by atoms with Crippen molar-refractivity contribution in [2.24, 2.45) is 4.99 Å². The standard InChI is InChI=1S/C11H9N.C2H6/c1-9-6-10-4-2-3-5-11(7-10)8-12-9;1-2/h2-6,8H,1H3;1-2H3. The maximum Gasteiger partial charge on any atom is 0.0421 e. The normalized spacial score (nSPS) is 16.9. The molecule has 2 bridgehead atoms. The van der Waals surface area contributed by atoms with E-state index in [0.29, 0.717) is 0 Å². The van der Waals surface area contributed by atoms with Crippen LogP contribution in [0, 0.1) is 0 Å². The Balaban J connectivity index is 0.000000461. The van der Waals surface area contributed by atoms with Crippen LogP contribution < -0.4 is 0 Å². The van der Waals surface area contributed by atoms with Gasteiger partial charge in [0.2, 0.25) is 0 Å². The molecule has 72 valence electrons. The fraction of sp³-hybridized carbons (Fsp3) is 0.231. The number of rotatable bonds is 0. The van der Waals surface area contributed by atoms with Gasteiger partial charge in [-0.15, -0.1) is 5.73 Å². The number of hydrogen-bond acceptors (Lipinski definition) is 1. The molecule has 0 fully saturated rings. The van der Waals surface area contributed by atoms with Crippen molar-refractivity contribution >= 4 is 6.21 Å². The summed E-state index contributed by atoms with van der Waals surface area (Å²) in [5.41, 5.74) is 6.38. The van der Waals surface area contributed by atoms with Gasteiger partial charge >= 0.3 is 0 Å². The van der Waals surface area contributed by atoms with Crippen molar-refractivity contribution < 1.29 is 0 Å². The molecule has 1 nitrogen and oxygen atoms in total. The van der Waals surface area contributed by atoms with Crippen LogP contribution in [-0.2, 0) is 0 Å². The van der Waals surface area contributed by atoms with Gasteiger partial charge in [-0.05, 0) is 25.2 Å². The Morgan fingerprint density at radius 2 is 1.71 bits per heavy atom. The first-order valence-corrected chi connectivity index (χ1v) is 4.93. The number of allylic oxidation sites excluding steroid dienone is 7. The minimum Gasteiger partial charge on any atom is -0.260 e. The molecular formula is C13H15N. The van der Waals surface area contributed by atoms with Crippen LogP contribution in [0.25, 0.3) is 0 Å². The van der Waals surface area contributed by atoms with Crippen molar-refractivity contribution in [1.82, 2.24) is 0 Å². The molecule has 1 aliphatic heterocycles. The third kappa shape index (κ3) is 2.72. The summed E-state index contributed by atoms with van der Waals surface area (Å²) in [6.07, 6.45) is 11.9. The highest BCUT2D eigenvalue weighted by Gasteiger charge is 1.96. The van der Waals surface area contributed by atoms with Crippen LogP contribution in [0.2, 0.25) is 0 Å². The lowest BCUT2D eigenvalue weighted by atomic mass is 10.2.